The summed E-state index contributed by atoms with van der Waals surface area (Å²) in [5.41, 5.74) is 4.53. The number of hydrogen-bond acceptors (Lipinski definition) is 4. The summed E-state index contributed by atoms with van der Waals surface area (Å²) in [6, 6.07) is 15.9. The fraction of sp³-hybridized carbons (Fsp3) is 0.179. The Kier molecular flexibility index (Phi) is 4.04. The molecule has 2 aromatic heterocycles. The van der Waals surface area contributed by atoms with Crippen LogP contribution in [0.25, 0.3) is 43.6 Å². The fourth-order valence-corrected chi connectivity index (χ4v) is 5.92. The number of carbonyl (C=O) groups excluding carboxylic acids is 3. The lowest BCUT2D eigenvalue weighted by Crippen LogP contribution is -2.20. The van der Waals surface area contributed by atoms with Gasteiger partial charge in [0.25, 0.3) is 11.8 Å². The van der Waals surface area contributed by atoms with Gasteiger partial charge in [0.15, 0.2) is 0 Å². The second-order valence-electron chi connectivity index (χ2n) is 9.24. The van der Waals surface area contributed by atoms with Gasteiger partial charge in [-0.1, -0.05) is 42.5 Å². The molecule has 3 aromatic carbocycles. The molecule has 0 fully saturated rings. The maximum Gasteiger partial charge on any atom is 0.303 e. The molecule has 0 saturated heterocycles. The van der Waals surface area contributed by atoms with E-state index in [9.17, 15) is 14.4 Å². The third-order valence-corrected chi connectivity index (χ3v) is 7.23. The molecule has 2 atom stereocenters. The van der Waals surface area contributed by atoms with Crippen molar-refractivity contribution in [3.8, 4) is 0 Å². The van der Waals surface area contributed by atoms with Crippen LogP contribution in [0.1, 0.15) is 46.5 Å². The topological polar surface area (TPSA) is 93.2 Å². The molecule has 7 heteroatoms. The average Bonchev–Trinajstić information content (AvgIpc) is 3.48. The average molecular weight is 463 g/mol. The summed E-state index contributed by atoms with van der Waals surface area (Å²) in [4.78, 5) is 41.2. The van der Waals surface area contributed by atoms with Gasteiger partial charge in [-0.15, -0.1) is 0 Å². The Morgan fingerprint density at radius 3 is 2.37 bits per heavy atom. The van der Waals surface area contributed by atoms with Crippen molar-refractivity contribution in [3.63, 3.8) is 0 Å². The Morgan fingerprint density at radius 1 is 0.914 bits per heavy atom. The number of nitrogens with one attached hydrogen (secondary N) is 2. The van der Waals surface area contributed by atoms with E-state index in [0.717, 1.165) is 50.0 Å². The molecule has 172 valence electrons. The van der Waals surface area contributed by atoms with Crippen LogP contribution in [-0.4, -0.2) is 33.4 Å². The van der Waals surface area contributed by atoms with Crippen molar-refractivity contribution in [3.05, 3.63) is 71.8 Å². The zero-order valence-corrected chi connectivity index (χ0v) is 18.9. The first-order valence-corrected chi connectivity index (χ1v) is 11.7. The van der Waals surface area contributed by atoms with Crippen molar-refractivity contribution in [1.82, 2.24) is 14.9 Å². The van der Waals surface area contributed by atoms with Gasteiger partial charge >= 0.3 is 5.97 Å². The molecule has 0 spiro atoms. The largest absolute Gasteiger partial charge is 0.458 e. The van der Waals surface area contributed by atoms with Crippen LogP contribution in [0.15, 0.2) is 60.7 Å². The van der Waals surface area contributed by atoms with Crippen molar-refractivity contribution < 1.29 is 19.1 Å². The lowest BCUT2D eigenvalue weighted by atomic mass is 9.96. The molecule has 0 radical (unpaired) electrons. The van der Waals surface area contributed by atoms with Crippen molar-refractivity contribution in [2.45, 2.75) is 31.9 Å². The molecule has 1 unspecified atom stereocenters. The number of carbonyl (C=O) groups is 3. The zero-order valence-electron chi connectivity index (χ0n) is 18.9. The molecule has 7 rings (SSSR count). The smallest absolute Gasteiger partial charge is 0.303 e. The number of nitrogens with zero attached hydrogens (tertiary/aromatic N) is 1. The van der Waals surface area contributed by atoms with E-state index in [2.05, 4.69) is 27.0 Å². The lowest BCUT2D eigenvalue weighted by Gasteiger charge is -2.25. The number of allylic oxidation sites excluding steroid dienone is 1. The Morgan fingerprint density at radius 2 is 1.63 bits per heavy atom. The Balaban J connectivity index is 1.64. The molecule has 2 N–H and O–H groups in total. The monoisotopic (exact) mass is 463 g/mol. The number of imide groups is 1. The van der Waals surface area contributed by atoms with E-state index in [0.29, 0.717) is 17.5 Å². The first kappa shape index (κ1) is 20.0. The van der Waals surface area contributed by atoms with E-state index in [1.807, 2.05) is 48.5 Å². The molecule has 1 aliphatic heterocycles. The molecule has 3 heterocycles. The number of rotatable bonds is 2. The van der Waals surface area contributed by atoms with E-state index in [1.54, 1.807) is 0 Å². The number of hydrogen-bond donors (Lipinski definition) is 2. The molecule has 0 bridgehead atoms. The van der Waals surface area contributed by atoms with E-state index in [4.69, 9.17) is 4.74 Å². The van der Waals surface area contributed by atoms with Crippen LogP contribution in [0.4, 0.5) is 0 Å². The molecule has 1 aliphatic carbocycles. The highest BCUT2D eigenvalue weighted by Crippen LogP contribution is 2.45. The van der Waals surface area contributed by atoms with Crippen molar-refractivity contribution >= 4 is 61.4 Å². The third-order valence-electron chi connectivity index (χ3n) is 7.23. The third kappa shape index (κ3) is 2.69. The number of H-pyrrole nitrogens is 1. The zero-order chi connectivity index (χ0) is 23.8. The number of fused-ring (bicyclic) bond motifs is 10. The molecular formula is C28H21N3O4. The predicted octanol–water partition coefficient (Wildman–Crippen LogP) is 5.14. The summed E-state index contributed by atoms with van der Waals surface area (Å²) in [5.74, 6) is -1.01. The van der Waals surface area contributed by atoms with Crippen LogP contribution in [0.5, 0.6) is 0 Å². The lowest BCUT2D eigenvalue weighted by molar-refractivity contribution is -0.144. The number of ether oxygens (including phenoxy) is 1. The van der Waals surface area contributed by atoms with Crippen LogP contribution in [0.3, 0.4) is 0 Å². The molecule has 7 nitrogen and oxygen atoms in total. The van der Waals surface area contributed by atoms with Crippen molar-refractivity contribution in [1.29, 1.82) is 0 Å². The number of aromatic amines is 1. The van der Waals surface area contributed by atoms with E-state index >= 15 is 0 Å². The highest BCUT2D eigenvalue weighted by Gasteiger charge is 2.36. The second-order valence-corrected chi connectivity index (χ2v) is 9.24. The van der Waals surface area contributed by atoms with Crippen molar-refractivity contribution in [2.24, 2.45) is 0 Å². The van der Waals surface area contributed by atoms with Gasteiger partial charge in [-0.25, -0.2) is 0 Å². The van der Waals surface area contributed by atoms with Gasteiger partial charge in [0.05, 0.1) is 28.2 Å². The van der Waals surface area contributed by atoms with Crippen LogP contribution in [0.2, 0.25) is 0 Å². The molecule has 5 aromatic rings. The van der Waals surface area contributed by atoms with Gasteiger partial charge in [-0.2, -0.15) is 0 Å². The minimum Gasteiger partial charge on any atom is -0.458 e. The quantitative estimate of drug-likeness (QED) is 0.215. The van der Waals surface area contributed by atoms with Crippen LogP contribution in [0, 0.1) is 0 Å². The summed E-state index contributed by atoms with van der Waals surface area (Å²) >= 11 is 0. The molecule has 35 heavy (non-hydrogen) atoms. The number of aromatic nitrogens is 2. The Hall–Kier alpha value is -4.39. The molecule has 2 aliphatic rings. The fourth-order valence-electron chi connectivity index (χ4n) is 5.92. The SMILES string of the molecule is CC(=O)O[C@@H]1C=CC(n2c3ccccc3c3c4c(c5c6ccccc6[nH]c5c32)C(=O)NC4=O)CC1. The number of esters is 1. The standard InChI is InChI=1S/C28H21N3O4/c1-14(32)35-16-12-10-15(11-13-16)31-20-9-5-3-7-18(20)22-24-23(27(33)30-28(24)34)21-17-6-2-4-8-19(17)29-25(21)26(22)31/h2-10,12,15-16,29H,11,13H2,1H3,(H,30,33,34)/t15?,16-/m1/s1. The van der Waals surface area contributed by atoms with Gasteiger partial charge in [0, 0.05) is 39.5 Å². The van der Waals surface area contributed by atoms with E-state index < -0.39 is 0 Å². The molecule has 2 amide bonds. The maximum absolute atomic E-state index is 13.2. The highest BCUT2D eigenvalue weighted by molar-refractivity contribution is 6.39. The van der Waals surface area contributed by atoms with E-state index in [1.165, 1.54) is 6.92 Å². The van der Waals surface area contributed by atoms with Crippen LogP contribution in [-0.2, 0) is 9.53 Å². The first-order valence-electron chi connectivity index (χ1n) is 11.7. The normalized spacial score (nSPS) is 19.7. The van der Waals surface area contributed by atoms with Gasteiger partial charge in [0.1, 0.15) is 6.10 Å². The molecular weight excluding hydrogens is 442 g/mol. The number of amides is 2. The maximum atomic E-state index is 13.2. The second kappa shape index (κ2) is 7.06. The summed E-state index contributed by atoms with van der Waals surface area (Å²) in [6.45, 7) is 1.42. The minimum absolute atomic E-state index is 0.00274. The summed E-state index contributed by atoms with van der Waals surface area (Å²) in [7, 11) is 0. The Bertz CT molecular complexity index is 1790. The number of benzene rings is 3. The number of para-hydroxylation sites is 2. The molecule has 0 saturated carbocycles. The predicted molar refractivity (Wildman–Crippen MR) is 134 cm³/mol. The van der Waals surface area contributed by atoms with Gasteiger partial charge in [0.2, 0.25) is 0 Å². The summed E-state index contributed by atoms with van der Waals surface area (Å²) < 4.78 is 7.66. The van der Waals surface area contributed by atoms with Crippen molar-refractivity contribution in [2.75, 3.05) is 0 Å². The van der Waals surface area contributed by atoms with Crippen LogP contribution < -0.4 is 5.32 Å². The van der Waals surface area contributed by atoms with Gasteiger partial charge < -0.3 is 14.3 Å². The minimum atomic E-state index is -0.362. The van der Waals surface area contributed by atoms with Gasteiger partial charge in [-0.05, 0) is 31.1 Å². The van der Waals surface area contributed by atoms with Gasteiger partial charge in [-0.3, -0.25) is 19.7 Å². The highest BCUT2D eigenvalue weighted by atomic mass is 16.5. The first-order chi connectivity index (χ1) is 17.0. The van der Waals surface area contributed by atoms with Crippen LogP contribution >= 0.6 is 0 Å². The summed E-state index contributed by atoms with van der Waals surface area (Å²) in [5, 5.41) is 5.94. The Labute approximate surface area is 199 Å². The summed E-state index contributed by atoms with van der Waals surface area (Å²) in [6.07, 6.45) is 5.26. The van der Waals surface area contributed by atoms with E-state index in [-0.39, 0.29) is 29.9 Å².